The van der Waals surface area contributed by atoms with Crippen LogP contribution in [-0.4, -0.2) is 22.8 Å². The zero-order chi connectivity index (χ0) is 10.8. The fourth-order valence-corrected chi connectivity index (χ4v) is 2.62. The molecule has 1 aliphatic rings. The number of hydrogen-bond donors (Lipinski definition) is 2. The van der Waals surface area contributed by atoms with E-state index < -0.39 is 11.4 Å². The van der Waals surface area contributed by atoms with Crippen LogP contribution in [0.2, 0.25) is 0 Å². The second kappa shape index (κ2) is 4.30. The lowest BCUT2D eigenvalue weighted by Gasteiger charge is -2.40. The Morgan fingerprint density at radius 2 is 2.29 bits per heavy atom. The van der Waals surface area contributed by atoms with Crippen molar-refractivity contribution < 1.29 is 15.0 Å². The number of aliphatic carboxylic acids is 1. The third-order valence-electron chi connectivity index (χ3n) is 3.68. The van der Waals surface area contributed by atoms with Gasteiger partial charge in [0.2, 0.25) is 0 Å². The van der Waals surface area contributed by atoms with E-state index in [2.05, 4.69) is 6.92 Å². The fourth-order valence-electron chi connectivity index (χ4n) is 2.62. The molecule has 82 valence electrons. The highest BCUT2D eigenvalue weighted by Crippen LogP contribution is 2.44. The van der Waals surface area contributed by atoms with E-state index in [1.54, 1.807) is 0 Å². The molecule has 0 aromatic rings. The van der Waals surface area contributed by atoms with Gasteiger partial charge in [0.1, 0.15) is 0 Å². The Labute approximate surface area is 85.1 Å². The summed E-state index contributed by atoms with van der Waals surface area (Å²) in [6.07, 6.45) is 3.52. The summed E-state index contributed by atoms with van der Waals surface area (Å²) in [5, 5.41) is 18.4. The van der Waals surface area contributed by atoms with Gasteiger partial charge in [-0.15, -0.1) is 0 Å². The van der Waals surface area contributed by atoms with Crippen LogP contribution in [0, 0.1) is 17.3 Å². The predicted molar refractivity (Wildman–Crippen MR) is 54.0 cm³/mol. The Balaban J connectivity index is 2.85. The smallest absolute Gasteiger partial charge is 0.310 e. The molecule has 0 aromatic heterocycles. The topological polar surface area (TPSA) is 57.5 Å². The average molecular weight is 200 g/mol. The van der Waals surface area contributed by atoms with Crippen LogP contribution in [0.4, 0.5) is 0 Å². The molecule has 3 unspecified atom stereocenters. The van der Waals surface area contributed by atoms with Gasteiger partial charge in [0.25, 0.3) is 0 Å². The van der Waals surface area contributed by atoms with Gasteiger partial charge < -0.3 is 10.2 Å². The quantitative estimate of drug-likeness (QED) is 0.731. The molecule has 1 fully saturated rings. The lowest BCUT2D eigenvalue weighted by molar-refractivity contribution is -0.157. The molecule has 0 aliphatic heterocycles. The summed E-state index contributed by atoms with van der Waals surface area (Å²) in [6, 6.07) is 0. The monoisotopic (exact) mass is 200 g/mol. The van der Waals surface area contributed by atoms with Gasteiger partial charge in [0.15, 0.2) is 0 Å². The van der Waals surface area contributed by atoms with E-state index in [0.29, 0.717) is 18.8 Å². The maximum Gasteiger partial charge on any atom is 0.310 e. The van der Waals surface area contributed by atoms with Gasteiger partial charge in [-0.2, -0.15) is 0 Å². The van der Waals surface area contributed by atoms with Crippen LogP contribution >= 0.6 is 0 Å². The molecule has 0 amide bonds. The third-order valence-corrected chi connectivity index (χ3v) is 3.68. The molecule has 0 saturated heterocycles. The van der Waals surface area contributed by atoms with Crippen molar-refractivity contribution in [3.8, 4) is 0 Å². The molecule has 3 nitrogen and oxygen atoms in total. The molecular formula is C11H20O3. The normalized spacial score (nSPS) is 35.2. The first-order chi connectivity index (χ1) is 6.53. The van der Waals surface area contributed by atoms with Gasteiger partial charge in [-0.05, 0) is 24.7 Å². The number of aliphatic hydroxyl groups is 1. The minimum atomic E-state index is -0.731. The lowest BCUT2D eigenvalue weighted by Crippen LogP contribution is -2.42. The Kier molecular flexibility index (Phi) is 3.53. The first-order valence-electron chi connectivity index (χ1n) is 5.37. The Morgan fingerprint density at radius 3 is 2.71 bits per heavy atom. The molecule has 3 heteroatoms. The second-order valence-corrected chi connectivity index (χ2v) is 4.75. The highest BCUT2D eigenvalue weighted by atomic mass is 16.4. The summed E-state index contributed by atoms with van der Waals surface area (Å²) >= 11 is 0. The predicted octanol–water partition coefficient (Wildman–Crippen LogP) is 1.90. The Bertz CT molecular complexity index is 215. The summed E-state index contributed by atoms with van der Waals surface area (Å²) < 4.78 is 0. The summed E-state index contributed by atoms with van der Waals surface area (Å²) in [7, 11) is 0. The van der Waals surface area contributed by atoms with E-state index in [-0.39, 0.29) is 12.5 Å². The van der Waals surface area contributed by atoms with Gasteiger partial charge in [-0.25, -0.2) is 0 Å². The summed E-state index contributed by atoms with van der Waals surface area (Å²) in [5.74, 6) is -0.401. The van der Waals surface area contributed by atoms with E-state index in [0.717, 1.165) is 12.8 Å². The minimum absolute atomic E-state index is 0.0288. The molecule has 1 rings (SSSR count). The third kappa shape index (κ3) is 1.92. The fraction of sp³-hybridized carbons (Fsp3) is 0.909. The first kappa shape index (κ1) is 11.5. The molecule has 0 bridgehead atoms. The van der Waals surface area contributed by atoms with E-state index in [1.807, 2.05) is 6.92 Å². The zero-order valence-corrected chi connectivity index (χ0v) is 8.99. The molecular weight excluding hydrogens is 180 g/mol. The van der Waals surface area contributed by atoms with Crippen LogP contribution in [0.25, 0.3) is 0 Å². The van der Waals surface area contributed by atoms with Crippen molar-refractivity contribution in [1.82, 2.24) is 0 Å². The minimum Gasteiger partial charge on any atom is -0.481 e. The maximum absolute atomic E-state index is 11.3. The lowest BCUT2D eigenvalue weighted by atomic mass is 9.64. The number of carboxylic acids is 1. The van der Waals surface area contributed by atoms with Crippen molar-refractivity contribution in [3.05, 3.63) is 0 Å². The maximum atomic E-state index is 11.3. The number of hydrogen-bond acceptors (Lipinski definition) is 2. The standard InChI is InChI=1S/C11H20O3/c1-8-4-3-5-11(6-8,10(13)14)9(2)7-12/h8-9,12H,3-7H2,1-2H3,(H,13,14). The Hall–Kier alpha value is -0.570. The van der Waals surface area contributed by atoms with Crippen molar-refractivity contribution in [1.29, 1.82) is 0 Å². The van der Waals surface area contributed by atoms with Crippen molar-refractivity contribution in [2.45, 2.75) is 39.5 Å². The van der Waals surface area contributed by atoms with Gasteiger partial charge in [0.05, 0.1) is 5.41 Å². The van der Waals surface area contributed by atoms with Crippen LogP contribution in [0.3, 0.4) is 0 Å². The molecule has 0 aromatic carbocycles. The van der Waals surface area contributed by atoms with Gasteiger partial charge in [-0.1, -0.05) is 26.7 Å². The second-order valence-electron chi connectivity index (χ2n) is 4.75. The van der Waals surface area contributed by atoms with Gasteiger partial charge >= 0.3 is 5.97 Å². The van der Waals surface area contributed by atoms with Crippen LogP contribution in [-0.2, 0) is 4.79 Å². The molecule has 14 heavy (non-hydrogen) atoms. The first-order valence-corrected chi connectivity index (χ1v) is 5.37. The molecule has 3 atom stereocenters. The number of carbonyl (C=O) groups is 1. The largest absolute Gasteiger partial charge is 0.481 e. The Morgan fingerprint density at radius 1 is 1.64 bits per heavy atom. The molecule has 0 radical (unpaired) electrons. The van der Waals surface area contributed by atoms with Crippen molar-refractivity contribution in [3.63, 3.8) is 0 Å². The SMILES string of the molecule is CC1CCCC(C(=O)O)(C(C)CO)C1. The van der Waals surface area contributed by atoms with Crippen molar-refractivity contribution in [2.24, 2.45) is 17.3 Å². The van der Waals surface area contributed by atoms with Crippen molar-refractivity contribution >= 4 is 5.97 Å². The van der Waals surface area contributed by atoms with E-state index >= 15 is 0 Å². The van der Waals surface area contributed by atoms with E-state index in [4.69, 9.17) is 5.11 Å². The number of carboxylic acid groups (broad SMARTS) is 1. The zero-order valence-electron chi connectivity index (χ0n) is 8.99. The van der Waals surface area contributed by atoms with Gasteiger partial charge in [0, 0.05) is 6.61 Å². The van der Waals surface area contributed by atoms with E-state index in [1.165, 1.54) is 0 Å². The van der Waals surface area contributed by atoms with Crippen LogP contribution in [0.15, 0.2) is 0 Å². The van der Waals surface area contributed by atoms with Crippen LogP contribution < -0.4 is 0 Å². The average Bonchev–Trinajstić information content (AvgIpc) is 2.16. The molecule has 0 heterocycles. The molecule has 1 aliphatic carbocycles. The molecule has 2 N–H and O–H groups in total. The molecule has 1 saturated carbocycles. The molecule has 0 spiro atoms. The highest BCUT2D eigenvalue weighted by molar-refractivity contribution is 5.75. The van der Waals surface area contributed by atoms with Crippen molar-refractivity contribution in [2.75, 3.05) is 6.61 Å². The van der Waals surface area contributed by atoms with Crippen LogP contribution in [0.5, 0.6) is 0 Å². The summed E-state index contributed by atoms with van der Waals surface area (Å²) in [6.45, 7) is 3.91. The van der Waals surface area contributed by atoms with E-state index in [9.17, 15) is 9.90 Å². The highest BCUT2D eigenvalue weighted by Gasteiger charge is 2.45. The summed E-state index contributed by atoms with van der Waals surface area (Å²) in [4.78, 5) is 11.3. The van der Waals surface area contributed by atoms with Crippen LogP contribution in [0.1, 0.15) is 39.5 Å². The number of aliphatic hydroxyl groups excluding tert-OH is 1. The summed E-state index contributed by atoms with van der Waals surface area (Å²) in [5.41, 5.74) is -0.674. The van der Waals surface area contributed by atoms with Gasteiger partial charge in [-0.3, -0.25) is 4.79 Å². The number of rotatable bonds is 3.